The van der Waals surface area contributed by atoms with E-state index in [9.17, 15) is 8.78 Å². The highest BCUT2D eigenvalue weighted by atomic mass is 19.3. The average Bonchev–Trinajstić information content (AvgIpc) is 2.26. The molecule has 0 bridgehead atoms. The van der Waals surface area contributed by atoms with Crippen LogP contribution in [-0.2, 0) is 13.2 Å². The maximum atomic E-state index is 12.6. The minimum absolute atomic E-state index is 0.0384. The number of halogens is 2. The lowest BCUT2D eigenvalue weighted by Crippen LogP contribution is -2.07. The molecule has 6 heteroatoms. The minimum Gasteiger partial charge on any atom is -0.494 e. The molecule has 0 unspecified atom stereocenters. The average molecular weight is 218 g/mol. The Labute approximate surface area is 85.7 Å². The van der Waals surface area contributed by atoms with Gasteiger partial charge in [-0.3, -0.25) is 0 Å². The van der Waals surface area contributed by atoms with E-state index in [4.69, 9.17) is 15.6 Å². The van der Waals surface area contributed by atoms with Crippen molar-refractivity contribution >= 4 is 0 Å². The third-order valence-electron chi connectivity index (χ3n) is 1.92. The van der Waals surface area contributed by atoms with Crippen LogP contribution in [0.25, 0.3) is 0 Å². The van der Waals surface area contributed by atoms with Crippen LogP contribution in [0.15, 0.2) is 6.07 Å². The van der Waals surface area contributed by atoms with Crippen LogP contribution < -0.4 is 10.5 Å². The Kier molecular flexibility index (Phi) is 3.93. The zero-order chi connectivity index (χ0) is 11.4. The molecule has 0 fully saturated rings. The summed E-state index contributed by atoms with van der Waals surface area (Å²) < 4.78 is 29.9. The number of alkyl halides is 2. The number of methoxy groups -OCH3 is 1. The number of nitrogens with zero attached hydrogens (tertiary/aromatic N) is 1. The summed E-state index contributed by atoms with van der Waals surface area (Å²) in [7, 11) is 1.25. The number of rotatable bonds is 4. The predicted octanol–water partition coefficient (Wildman–Crippen LogP) is 0.979. The van der Waals surface area contributed by atoms with Crippen molar-refractivity contribution < 1.29 is 18.6 Å². The van der Waals surface area contributed by atoms with Gasteiger partial charge in [-0.1, -0.05) is 0 Å². The Hall–Kier alpha value is -1.27. The van der Waals surface area contributed by atoms with E-state index in [-0.39, 0.29) is 17.9 Å². The molecule has 84 valence electrons. The van der Waals surface area contributed by atoms with Gasteiger partial charge in [0, 0.05) is 12.1 Å². The van der Waals surface area contributed by atoms with Crippen LogP contribution in [0, 0.1) is 0 Å². The van der Waals surface area contributed by atoms with Gasteiger partial charge >= 0.3 is 0 Å². The maximum absolute atomic E-state index is 12.6. The molecular weight excluding hydrogens is 206 g/mol. The quantitative estimate of drug-likeness (QED) is 0.790. The summed E-state index contributed by atoms with van der Waals surface area (Å²) in [5.41, 5.74) is 5.39. The van der Waals surface area contributed by atoms with E-state index in [2.05, 4.69) is 4.98 Å². The number of aliphatic hydroxyl groups excluding tert-OH is 1. The highest BCUT2D eigenvalue weighted by Gasteiger charge is 2.20. The van der Waals surface area contributed by atoms with Crippen LogP contribution in [0.3, 0.4) is 0 Å². The molecule has 0 aliphatic heterocycles. The standard InChI is InChI=1S/C9H12F2N2O2/c1-15-8-5(4-14)2-6(3-12)13-7(8)9(10)11/h2,9,14H,3-4,12H2,1H3. The molecule has 0 aromatic carbocycles. The molecule has 0 saturated heterocycles. The Morgan fingerprint density at radius 1 is 1.60 bits per heavy atom. The smallest absolute Gasteiger partial charge is 0.284 e. The molecule has 1 aromatic heterocycles. The summed E-state index contributed by atoms with van der Waals surface area (Å²) in [4.78, 5) is 3.66. The van der Waals surface area contributed by atoms with Crippen LogP contribution in [0.2, 0.25) is 0 Å². The van der Waals surface area contributed by atoms with Crippen molar-refractivity contribution in [2.45, 2.75) is 19.6 Å². The fraction of sp³-hybridized carbons (Fsp3) is 0.444. The monoisotopic (exact) mass is 218 g/mol. The number of aromatic nitrogens is 1. The van der Waals surface area contributed by atoms with E-state index >= 15 is 0 Å². The van der Waals surface area contributed by atoms with Crippen molar-refractivity contribution in [2.24, 2.45) is 5.73 Å². The van der Waals surface area contributed by atoms with Gasteiger partial charge in [0.05, 0.1) is 19.4 Å². The van der Waals surface area contributed by atoms with Gasteiger partial charge in [0.2, 0.25) is 0 Å². The molecule has 0 radical (unpaired) electrons. The second kappa shape index (κ2) is 4.99. The SMILES string of the molecule is COc1c(CO)cc(CN)nc1C(F)F. The molecule has 0 aliphatic rings. The number of pyridine rings is 1. The predicted molar refractivity (Wildman–Crippen MR) is 49.6 cm³/mol. The maximum Gasteiger partial charge on any atom is 0.284 e. The molecule has 0 atom stereocenters. The minimum atomic E-state index is -2.75. The van der Waals surface area contributed by atoms with Crippen LogP contribution >= 0.6 is 0 Å². The van der Waals surface area contributed by atoms with E-state index in [0.29, 0.717) is 5.69 Å². The molecule has 0 spiro atoms. The van der Waals surface area contributed by atoms with Gasteiger partial charge in [0.15, 0.2) is 5.75 Å². The van der Waals surface area contributed by atoms with E-state index in [0.717, 1.165) is 0 Å². The number of nitrogens with two attached hydrogens (primary N) is 1. The van der Waals surface area contributed by atoms with Crippen molar-refractivity contribution in [2.75, 3.05) is 7.11 Å². The molecule has 1 heterocycles. The zero-order valence-electron chi connectivity index (χ0n) is 8.20. The summed E-state index contributed by atoms with van der Waals surface area (Å²) in [5.74, 6) is -0.0790. The lowest BCUT2D eigenvalue weighted by atomic mass is 10.1. The van der Waals surface area contributed by atoms with Crippen molar-refractivity contribution in [1.82, 2.24) is 4.98 Å². The molecule has 4 nitrogen and oxygen atoms in total. The third kappa shape index (κ3) is 2.40. The Balaban J connectivity index is 3.32. The zero-order valence-corrected chi connectivity index (χ0v) is 8.20. The Morgan fingerprint density at radius 3 is 2.67 bits per heavy atom. The molecule has 1 rings (SSSR count). The molecule has 0 aliphatic carbocycles. The second-order valence-corrected chi connectivity index (χ2v) is 2.85. The first kappa shape index (κ1) is 11.8. The van der Waals surface area contributed by atoms with Gasteiger partial charge in [-0.2, -0.15) is 0 Å². The van der Waals surface area contributed by atoms with Gasteiger partial charge in [0.1, 0.15) is 5.69 Å². The molecular formula is C9H12F2N2O2. The fourth-order valence-corrected chi connectivity index (χ4v) is 1.27. The number of hydrogen-bond donors (Lipinski definition) is 2. The second-order valence-electron chi connectivity index (χ2n) is 2.85. The summed E-state index contributed by atoms with van der Waals surface area (Å²) >= 11 is 0. The van der Waals surface area contributed by atoms with Crippen LogP contribution in [0.1, 0.15) is 23.4 Å². The highest BCUT2D eigenvalue weighted by Crippen LogP contribution is 2.30. The highest BCUT2D eigenvalue weighted by molar-refractivity contribution is 5.39. The van der Waals surface area contributed by atoms with Gasteiger partial charge in [-0.05, 0) is 6.07 Å². The van der Waals surface area contributed by atoms with Crippen molar-refractivity contribution in [1.29, 1.82) is 0 Å². The van der Waals surface area contributed by atoms with Crippen LogP contribution in [0.4, 0.5) is 8.78 Å². The van der Waals surface area contributed by atoms with Crippen molar-refractivity contribution in [3.8, 4) is 5.75 Å². The molecule has 15 heavy (non-hydrogen) atoms. The third-order valence-corrected chi connectivity index (χ3v) is 1.92. The number of aliphatic hydroxyl groups is 1. The number of hydrogen-bond acceptors (Lipinski definition) is 4. The van der Waals surface area contributed by atoms with E-state index in [1.54, 1.807) is 0 Å². The van der Waals surface area contributed by atoms with Gasteiger partial charge in [-0.15, -0.1) is 0 Å². The lowest BCUT2D eigenvalue weighted by Gasteiger charge is -2.12. The molecule has 3 N–H and O–H groups in total. The largest absolute Gasteiger partial charge is 0.494 e. The first-order valence-corrected chi connectivity index (χ1v) is 4.29. The summed E-state index contributed by atoms with van der Waals surface area (Å²) in [6.07, 6.45) is -2.75. The molecule has 0 saturated carbocycles. The van der Waals surface area contributed by atoms with Gasteiger partial charge in [-0.25, -0.2) is 13.8 Å². The summed E-state index contributed by atoms with van der Waals surface area (Å²) in [6.45, 7) is -0.352. The van der Waals surface area contributed by atoms with Gasteiger partial charge in [0.25, 0.3) is 6.43 Å². The van der Waals surface area contributed by atoms with E-state index in [1.807, 2.05) is 0 Å². The van der Waals surface area contributed by atoms with Gasteiger partial charge < -0.3 is 15.6 Å². The van der Waals surface area contributed by atoms with Crippen molar-refractivity contribution in [3.63, 3.8) is 0 Å². The van der Waals surface area contributed by atoms with Crippen LogP contribution in [0.5, 0.6) is 5.75 Å². The lowest BCUT2D eigenvalue weighted by molar-refractivity contribution is 0.140. The summed E-state index contributed by atoms with van der Waals surface area (Å²) in [5, 5.41) is 8.98. The molecule has 1 aromatic rings. The molecule has 0 amide bonds. The van der Waals surface area contributed by atoms with Crippen molar-refractivity contribution in [3.05, 3.63) is 23.0 Å². The topological polar surface area (TPSA) is 68.4 Å². The Bertz CT molecular complexity index is 345. The van der Waals surface area contributed by atoms with E-state index < -0.39 is 18.7 Å². The summed E-state index contributed by atoms with van der Waals surface area (Å²) in [6, 6.07) is 1.45. The number of ether oxygens (including phenoxy) is 1. The normalized spacial score (nSPS) is 10.8. The van der Waals surface area contributed by atoms with Crippen LogP contribution in [-0.4, -0.2) is 17.2 Å². The first-order valence-electron chi connectivity index (χ1n) is 4.29. The fourth-order valence-electron chi connectivity index (χ4n) is 1.27. The van der Waals surface area contributed by atoms with E-state index in [1.165, 1.54) is 13.2 Å². The first-order chi connectivity index (χ1) is 7.13. The Morgan fingerprint density at radius 2 is 2.27 bits per heavy atom.